The maximum absolute atomic E-state index is 11.9. The largest absolute Gasteiger partial charge is 0.369 e. The molecule has 1 atom stereocenters. The zero-order valence-corrected chi connectivity index (χ0v) is 15.7. The Labute approximate surface area is 167 Å². The zero-order valence-electron chi connectivity index (χ0n) is 15.7. The lowest BCUT2D eigenvalue weighted by Gasteiger charge is -2.29. The van der Waals surface area contributed by atoms with E-state index in [0.29, 0.717) is 18.2 Å². The van der Waals surface area contributed by atoms with E-state index >= 15 is 0 Å². The van der Waals surface area contributed by atoms with Gasteiger partial charge >= 0.3 is 6.47 Å². The first-order valence-corrected chi connectivity index (χ1v) is 9.35. The van der Waals surface area contributed by atoms with Crippen molar-refractivity contribution < 1.29 is 14.4 Å². The van der Waals surface area contributed by atoms with Crippen LogP contribution in [0.3, 0.4) is 0 Å². The van der Waals surface area contributed by atoms with Gasteiger partial charge in [-0.25, -0.2) is 9.98 Å². The van der Waals surface area contributed by atoms with E-state index in [0.717, 1.165) is 43.1 Å². The van der Waals surface area contributed by atoms with Crippen molar-refractivity contribution in [3.63, 3.8) is 0 Å². The predicted octanol–water partition coefficient (Wildman–Crippen LogP) is 0.709. The van der Waals surface area contributed by atoms with Crippen molar-refractivity contribution in [1.82, 2.24) is 20.8 Å². The molecule has 4 rings (SSSR count). The zero-order chi connectivity index (χ0) is 20.1. The highest BCUT2D eigenvalue weighted by Crippen LogP contribution is 2.27. The number of nitrogens with one attached hydrogen (secondary N) is 3. The number of amides is 1. The third-order valence-corrected chi connectivity index (χ3v) is 4.79. The first-order valence-electron chi connectivity index (χ1n) is 9.35. The van der Waals surface area contributed by atoms with Crippen molar-refractivity contribution >= 4 is 41.7 Å². The number of carbonyl (C=O) groups is 2. The summed E-state index contributed by atoms with van der Waals surface area (Å²) >= 11 is 0. The van der Waals surface area contributed by atoms with Gasteiger partial charge in [-0.2, -0.15) is 10.5 Å². The molecule has 3 heterocycles. The summed E-state index contributed by atoms with van der Waals surface area (Å²) in [5.41, 5.74) is 4.84. The smallest absolute Gasteiger partial charge is 0.320 e. The van der Waals surface area contributed by atoms with Gasteiger partial charge in [0.25, 0.3) is 5.91 Å². The Hall–Kier alpha value is -3.53. The molecule has 10 heteroatoms. The average Bonchev–Trinajstić information content (AvgIpc) is 2.78. The van der Waals surface area contributed by atoms with Crippen molar-refractivity contribution in [1.29, 1.82) is 0 Å². The van der Waals surface area contributed by atoms with E-state index in [2.05, 4.69) is 47.5 Å². The van der Waals surface area contributed by atoms with Gasteiger partial charge in [0, 0.05) is 55.5 Å². The fourth-order valence-corrected chi connectivity index (χ4v) is 3.31. The van der Waals surface area contributed by atoms with Gasteiger partial charge in [0.15, 0.2) is 5.82 Å². The van der Waals surface area contributed by atoms with E-state index in [-0.39, 0.29) is 6.47 Å². The number of aliphatic imine (C=N–C) groups is 1. The van der Waals surface area contributed by atoms with Gasteiger partial charge in [-0.15, -0.1) is 0 Å². The highest BCUT2D eigenvalue weighted by molar-refractivity contribution is 5.95. The van der Waals surface area contributed by atoms with Gasteiger partial charge in [-0.1, -0.05) is 6.07 Å². The van der Waals surface area contributed by atoms with Gasteiger partial charge in [0.2, 0.25) is 5.95 Å². The molecule has 2 aliphatic heterocycles. The van der Waals surface area contributed by atoms with Crippen LogP contribution in [0.1, 0.15) is 5.56 Å². The number of hydrogen-bond donors (Lipinski definition) is 3. The standard InChI is InChI=1S/C19H21N7O3/c27-12-29-25-18(28)14-8-13-10-22-19(24-17(13)21-11-14)23-15-2-1-3-16(9-15)26-6-4-20-5-7-26/h1-3,9-12,14,20H,4-8H2,(H,25,28)(H,22,23,24). The number of fused-ring (bicyclic) bond motifs is 1. The molecule has 1 aromatic carbocycles. The molecule has 1 fully saturated rings. The number of hydroxylamine groups is 1. The van der Waals surface area contributed by atoms with E-state index in [9.17, 15) is 9.59 Å². The second-order valence-electron chi connectivity index (χ2n) is 6.72. The molecule has 2 aliphatic rings. The second-order valence-corrected chi connectivity index (χ2v) is 6.72. The lowest BCUT2D eigenvalue weighted by molar-refractivity contribution is -0.147. The van der Waals surface area contributed by atoms with Crippen molar-refractivity contribution in [3.8, 4) is 0 Å². The Morgan fingerprint density at radius 3 is 3.00 bits per heavy atom. The molecule has 29 heavy (non-hydrogen) atoms. The summed E-state index contributed by atoms with van der Waals surface area (Å²) in [6.45, 7) is 4.05. The third kappa shape index (κ3) is 4.49. The van der Waals surface area contributed by atoms with Gasteiger partial charge < -0.3 is 20.4 Å². The molecule has 2 aromatic rings. The minimum atomic E-state index is -0.541. The van der Waals surface area contributed by atoms with Crippen LogP contribution >= 0.6 is 0 Å². The van der Waals surface area contributed by atoms with Crippen LogP contribution in [0.4, 0.5) is 23.1 Å². The molecule has 1 amide bonds. The molecule has 0 spiro atoms. The number of hydrogen-bond acceptors (Lipinski definition) is 9. The summed E-state index contributed by atoms with van der Waals surface area (Å²) in [7, 11) is 0. The van der Waals surface area contributed by atoms with E-state index in [1.165, 1.54) is 6.21 Å². The minimum Gasteiger partial charge on any atom is -0.369 e. The van der Waals surface area contributed by atoms with Crippen LogP contribution in [-0.2, 0) is 20.8 Å². The lowest BCUT2D eigenvalue weighted by atomic mass is 9.99. The first kappa shape index (κ1) is 18.8. The van der Waals surface area contributed by atoms with Crippen LogP contribution in [-0.4, -0.2) is 54.7 Å². The van der Waals surface area contributed by atoms with Crippen LogP contribution in [0, 0.1) is 5.92 Å². The van der Waals surface area contributed by atoms with Crippen LogP contribution in [0.25, 0.3) is 0 Å². The van der Waals surface area contributed by atoms with E-state index in [4.69, 9.17) is 0 Å². The Kier molecular flexibility index (Phi) is 5.61. The Bertz CT molecular complexity index is 928. The molecule has 3 N–H and O–H groups in total. The normalized spacial score (nSPS) is 17.9. The molecule has 150 valence electrons. The molecule has 1 aromatic heterocycles. The van der Waals surface area contributed by atoms with Gasteiger partial charge in [0.05, 0.1) is 5.92 Å². The monoisotopic (exact) mass is 395 g/mol. The quantitative estimate of drug-likeness (QED) is 0.483. The Morgan fingerprint density at radius 2 is 2.17 bits per heavy atom. The molecule has 1 saturated heterocycles. The second kappa shape index (κ2) is 8.65. The van der Waals surface area contributed by atoms with Crippen molar-refractivity contribution in [2.45, 2.75) is 6.42 Å². The molecule has 1 unspecified atom stereocenters. The summed E-state index contributed by atoms with van der Waals surface area (Å²) < 4.78 is 0. The van der Waals surface area contributed by atoms with Gasteiger partial charge in [0.1, 0.15) is 0 Å². The molecule has 0 radical (unpaired) electrons. The van der Waals surface area contributed by atoms with Crippen molar-refractivity contribution in [3.05, 3.63) is 36.0 Å². The van der Waals surface area contributed by atoms with Crippen LogP contribution in [0.15, 0.2) is 35.5 Å². The summed E-state index contributed by atoms with van der Waals surface area (Å²) in [5, 5.41) is 6.57. The fraction of sp³-hybridized carbons (Fsp3) is 0.316. The number of piperazine rings is 1. The maximum atomic E-state index is 11.9. The predicted molar refractivity (Wildman–Crippen MR) is 107 cm³/mol. The topological polar surface area (TPSA) is 121 Å². The molecular formula is C19H21N7O3. The molecular weight excluding hydrogens is 374 g/mol. The SMILES string of the molecule is O=CONC(=O)C1C=Nc2nc(Nc3cccc(N4CCNCC4)c3)ncc2C1. The third-order valence-electron chi connectivity index (χ3n) is 4.79. The maximum Gasteiger partial charge on any atom is 0.320 e. The lowest BCUT2D eigenvalue weighted by Crippen LogP contribution is -2.43. The average molecular weight is 395 g/mol. The first-order chi connectivity index (χ1) is 14.2. The van der Waals surface area contributed by atoms with Gasteiger partial charge in [-0.05, 0) is 24.6 Å². The van der Waals surface area contributed by atoms with E-state index in [1.54, 1.807) is 6.20 Å². The van der Waals surface area contributed by atoms with Gasteiger partial charge in [-0.3, -0.25) is 9.59 Å². The summed E-state index contributed by atoms with van der Waals surface area (Å²) in [5.74, 6) is -0.0364. The highest BCUT2D eigenvalue weighted by atomic mass is 16.7. The summed E-state index contributed by atoms with van der Waals surface area (Å²) in [4.78, 5) is 41.7. The Morgan fingerprint density at radius 1 is 1.31 bits per heavy atom. The van der Waals surface area contributed by atoms with Crippen LogP contribution < -0.4 is 21.0 Å². The minimum absolute atomic E-state index is 0.157. The molecule has 0 bridgehead atoms. The Balaban J connectivity index is 1.44. The van der Waals surface area contributed by atoms with E-state index < -0.39 is 11.8 Å². The molecule has 0 aliphatic carbocycles. The molecule has 0 saturated carbocycles. The summed E-state index contributed by atoms with van der Waals surface area (Å²) in [6.07, 6.45) is 3.53. The highest BCUT2D eigenvalue weighted by Gasteiger charge is 2.23. The fourth-order valence-electron chi connectivity index (χ4n) is 3.31. The number of nitrogens with zero attached hydrogens (tertiary/aromatic N) is 4. The number of aromatic nitrogens is 2. The van der Waals surface area contributed by atoms with Crippen LogP contribution in [0.2, 0.25) is 0 Å². The number of rotatable bonds is 6. The number of anilines is 3. The van der Waals surface area contributed by atoms with Crippen molar-refractivity contribution in [2.24, 2.45) is 10.9 Å². The van der Waals surface area contributed by atoms with Crippen molar-refractivity contribution in [2.75, 3.05) is 36.4 Å². The number of carbonyl (C=O) groups excluding carboxylic acids is 2. The summed E-state index contributed by atoms with van der Waals surface area (Å²) in [6, 6.07) is 8.13. The van der Waals surface area contributed by atoms with E-state index in [1.807, 2.05) is 17.6 Å². The molecule has 10 nitrogen and oxygen atoms in total. The number of benzene rings is 1. The van der Waals surface area contributed by atoms with Crippen LogP contribution in [0.5, 0.6) is 0 Å².